The maximum absolute atomic E-state index is 9.35. The molecular formula is C10H9BrOS. The van der Waals surface area contributed by atoms with E-state index in [2.05, 4.69) is 35.0 Å². The lowest BCUT2D eigenvalue weighted by molar-refractivity contribution is 0.491. The maximum atomic E-state index is 9.35. The number of aryl methyl sites for hydroxylation is 1. The summed E-state index contributed by atoms with van der Waals surface area (Å²) in [5, 5.41) is 11.8. The van der Waals surface area contributed by atoms with Crippen molar-refractivity contribution in [3.63, 3.8) is 0 Å². The van der Waals surface area contributed by atoms with Crippen LogP contribution in [0.3, 0.4) is 0 Å². The van der Waals surface area contributed by atoms with Gasteiger partial charge in [0.2, 0.25) is 0 Å². The second kappa shape index (κ2) is 3.31. The van der Waals surface area contributed by atoms with Crippen molar-refractivity contribution in [3.8, 4) is 5.06 Å². The van der Waals surface area contributed by atoms with Crippen molar-refractivity contribution in [1.82, 2.24) is 0 Å². The topological polar surface area (TPSA) is 20.2 Å². The molecule has 1 aromatic heterocycles. The molecular weight excluding hydrogens is 248 g/mol. The minimum atomic E-state index is 0.393. The number of fused-ring (bicyclic) bond motifs is 1. The summed E-state index contributed by atoms with van der Waals surface area (Å²) in [6, 6.07) is 5.99. The van der Waals surface area contributed by atoms with E-state index in [0.717, 1.165) is 10.0 Å². The first-order chi connectivity index (χ1) is 6.22. The molecule has 0 atom stereocenters. The Morgan fingerprint density at radius 3 is 2.92 bits per heavy atom. The highest BCUT2D eigenvalue weighted by Crippen LogP contribution is 2.34. The Bertz CT molecular complexity index is 447. The van der Waals surface area contributed by atoms with Crippen LogP contribution in [0.5, 0.6) is 5.06 Å². The Morgan fingerprint density at radius 2 is 2.23 bits per heavy atom. The van der Waals surface area contributed by atoms with Crippen molar-refractivity contribution in [2.75, 3.05) is 0 Å². The minimum Gasteiger partial charge on any atom is -0.499 e. The molecule has 0 fully saturated rings. The van der Waals surface area contributed by atoms with Crippen LogP contribution in [0.1, 0.15) is 11.1 Å². The third-order valence-corrected chi connectivity index (χ3v) is 3.72. The van der Waals surface area contributed by atoms with Gasteiger partial charge in [-0.3, -0.25) is 0 Å². The molecule has 0 aliphatic rings. The summed E-state index contributed by atoms with van der Waals surface area (Å²) in [5.74, 6) is 0. The summed E-state index contributed by atoms with van der Waals surface area (Å²) < 4.78 is 1.15. The zero-order chi connectivity index (χ0) is 9.42. The highest BCUT2D eigenvalue weighted by Gasteiger charge is 2.05. The van der Waals surface area contributed by atoms with Gasteiger partial charge in [-0.15, -0.1) is 0 Å². The molecule has 0 saturated carbocycles. The highest BCUT2D eigenvalue weighted by atomic mass is 79.9. The van der Waals surface area contributed by atoms with E-state index in [-0.39, 0.29) is 0 Å². The Balaban J connectivity index is 2.78. The van der Waals surface area contributed by atoms with Crippen LogP contribution >= 0.6 is 27.3 Å². The van der Waals surface area contributed by atoms with Crippen molar-refractivity contribution < 1.29 is 5.11 Å². The van der Waals surface area contributed by atoms with E-state index in [9.17, 15) is 5.11 Å². The predicted molar refractivity (Wildman–Crippen MR) is 60.9 cm³/mol. The van der Waals surface area contributed by atoms with Crippen molar-refractivity contribution in [2.45, 2.75) is 12.3 Å². The van der Waals surface area contributed by atoms with E-state index < -0.39 is 0 Å². The summed E-state index contributed by atoms with van der Waals surface area (Å²) >= 11 is 4.87. The van der Waals surface area contributed by atoms with Gasteiger partial charge in [0.15, 0.2) is 5.06 Å². The van der Waals surface area contributed by atoms with Gasteiger partial charge >= 0.3 is 0 Å². The molecule has 0 spiro atoms. The predicted octanol–water partition coefficient (Wildman–Crippen LogP) is 3.81. The SMILES string of the molecule is Cc1c(CBr)ccc2sc(O)cc12. The van der Waals surface area contributed by atoms with E-state index >= 15 is 0 Å². The Hall–Kier alpha value is -0.540. The minimum absolute atomic E-state index is 0.393. The zero-order valence-electron chi connectivity index (χ0n) is 7.17. The summed E-state index contributed by atoms with van der Waals surface area (Å²) in [6.07, 6.45) is 0. The third-order valence-electron chi connectivity index (χ3n) is 2.21. The molecule has 1 aromatic carbocycles. The fraction of sp³-hybridized carbons (Fsp3) is 0.200. The largest absolute Gasteiger partial charge is 0.499 e. The molecule has 2 rings (SSSR count). The smallest absolute Gasteiger partial charge is 0.172 e. The Morgan fingerprint density at radius 1 is 1.46 bits per heavy atom. The lowest BCUT2D eigenvalue weighted by Crippen LogP contribution is -1.83. The fourth-order valence-electron chi connectivity index (χ4n) is 1.43. The van der Waals surface area contributed by atoms with E-state index in [1.165, 1.54) is 27.8 Å². The first-order valence-electron chi connectivity index (χ1n) is 3.99. The molecule has 3 heteroatoms. The number of hydrogen-bond acceptors (Lipinski definition) is 2. The van der Waals surface area contributed by atoms with Crippen molar-refractivity contribution in [1.29, 1.82) is 0 Å². The molecule has 1 N–H and O–H groups in total. The van der Waals surface area contributed by atoms with Crippen LogP contribution in [0, 0.1) is 6.92 Å². The van der Waals surface area contributed by atoms with Gasteiger partial charge in [0, 0.05) is 10.0 Å². The maximum Gasteiger partial charge on any atom is 0.172 e. The molecule has 0 aliphatic carbocycles. The molecule has 0 unspecified atom stereocenters. The highest BCUT2D eigenvalue weighted by molar-refractivity contribution is 9.08. The van der Waals surface area contributed by atoms with Crippen LogP contribution in [0.25, 0.3) is 10.1 Å². The van der Waals surface area contributed by atoms with Gasteiger partial charge in [0.1, 0.15) is 0 Å². The molecule has 0 saturated heterocycles. The number of alkyl halides is 1. The van der Waals surface area contributed by atoms with Crippen molar-refractivity contribution >= 4 is 37.4 Å². The summed E-state index contributed by atoms with van der Waals surface area (Å²) in [6.45, 7) is 2.09. The quantitative estimate of drug-likeness (QED) is 0.770. The number of thiophene rings is 1. The average molecular weight is 257 g/mol. The molecule has 0 amide bonds. The number of hydrogen-bond donors (Lipinski definition) is 1. The summed E-state index contributed by atoms with van der Waals surface area (Å²) in [4.78, 5) is 0. The van der Waals surface area contributed by atoms with Gasteiger partial charge in [-0.1, -0.05) is 33.3 Å². The average Bonchev–Trinajstić information content (AvgIpc) is 2.47. The second-order valence-corrected chi connectivity index (χ2v) is 4.60. The summed E-state index contributed by atoms with van der Waals surface area (Å²) in [7, 11) is 0. The molecule has 0 aliphatic heterocycles. The van der Waals surface area contributed by atoms with Crippen LogP contribution in [0.4, 0.5) is 0 Å². The molecule has 13 heavy (non-hydrogen) atoms. The number of rotatable bonds is 1. The molecule has 1 nitrogen and oxygen atoms in total. The van der Waals surface area contributed by atoms with E-state index in [1.807, 2.05) is 6.07 Å². The van der Waals surface area contributed by atoms with Gasteiger partial charge in [-0.25, -0.2) is 0 Å². The van der Waals surface area contributed by atoms with E-state index in [4.69, 9.17) is 0 Å². The number of halogens is 1. The monoisotopic (exact) mass is 256 g/mol. The standard InChI is InChI=1S/C10H9BrOS/c1-6-7(5-11)2-3-9-8(6)4-10(12)13-9/h2-4,12H,5H2,1H3. The van der Waals surface area contributed by atoms with Crippen LogP contribution in [-0.2, 0) is 5.33 Å². The zero-order valence-corrected chi connectivity index (χ0v) is 9.58. The van der Waals surface area contributed by atoms with Gasteiger partial charge < -0.3 is 5.11 Å². The normalized spacial score (nSPS) is 10.9. The third kappa shape index (κ3) is 1.46. The van der Waals surface area contributed by atoms with Gasteiger partial charge in [0.05, 0.1) is 0 Å². The van der Waals surface area contributed by atoms with E-state index in [1.54, 1.807) is 0 Å². The Labute approximate surface area is 89.1 Å². The number of benzene rings is 1. The second-order valence-electron chi connectivity index (χ2n) is 2.98. The van der Waals surface area contributed by atoms with Gasteiger partial charge in [-0.2, -0.15) is 0 Å². The fourth-order valence-corrected chi connectivity index (χ4v) is 2.90. The Kier molecular flexibility index (Phi) is 2.30. The van der Waals surface area contributed by atoms with Crippen LogP contribution in [0.2, 0.25) is 0 Å². The lowest BCUT2D eigenvalue weighted by atomic mass is 10.1. The number of aromatic hydroxyl groups is 1. The first kappa shape index (κ1) is 9.03. The molecule has 2 aromatic rings. The first-order valence-corrected chi connectivity index (χ1v) is 5.93. The summed E-state index contributed by atoms with van der Waals surface area (Å²) in [5.41, 5.74) is 2.54. The van der Waals surface area contributed by atoms with Crippen LogP contribution < -0.4 is 0 Å². The lowest BCUT2D eigenvalue weighted by Gasteiger charge is -2.01. The van der Waals surface area contributed by atoms with Gasteiger partial charge in [-0.05, 0) is 35.6 Å². The molecule has 68 valence electrons. The molecule has 0 radical (unpaired) electrons. The van der Waals surface area contributed by atoms with Crippen molar-refractivity contribution in [3.05, 3.63) is 29.3 Å². The van der Waals surface area contributed by atoms with Crippen LogP contribution in [0.15, 0.2) is 18.2 Å². The molecule has 1 heterocycles. The van der Waals surface area contributed by atoms with E-state index in [0.29, 0.717) is 5.06 Å². The van der Waals surface area contributed by atoms with Crippen LogP contribution in [-0.4, -0.2) is 5.11 Å². The van der Waals surface area contributed by atoms with Crippen molar-refractivity contribution in [2.24, 2.45) is 0 Å². The van der Waals surface area contributed by atoms with Gasteiger partial charge in [0.25, 0.3) is 0 Å². The molecule has 0 bridgehead atoms.